The smallest absolute Gasteiger partial charge is 0.244 e. The van der Waals surface area contributed by atoms with Gasteiger partial charge in [0, 0.05) is 19.2 Å². The van der Waals surface area contributed by atoms with Crippen LogP contribution in [0.5, 0.6) is 5.75 Å². The Balaban J connectivity index is 2.38. The first-order chi connectivity index (χ1) is 15.9. The van der Waals surface area contributed by atoms with Crippen LogP contribution in [0.15, 0.2) is 48.5 Å². The van der Waals surface area contributed by atoms with Crippen molar-refractivity contribution in [2.75, 3.05) is 30.8 Å². The maximum atomic E-state index is 13.5. The van der Waals surface area contributed by atoms with E-state index in [1.807, 2.05) is 45.0 Å². The Morgan fingerprint density at radius 1 is 1.06 bits per heavy atom. The highest BCUT2D eigenvalue weighted by molar-refractivity contribution is 7.92. The Kier molecular flexibility index (Phi) is 9.49. The van der Waals surface area contributed by atoms with Crippen molar-refractivity contribution in [2.45, 2.75) is 40.3 Å². The zero-order valence-electron chi connectivity index (χ0n) is 20.7. The molecule has 0 aromatic heterocycles. The molecule has 1 atom stereocenters. The van der Waals surface area contributed by atoms with Gasteiger partial charge in [-0.15, -0.1) is 0 Å². The van der Waals surface area contributed by atoms with Crippen LogP contribution in [0.2, 0.25) is 0 Å². The summed E-state index contributed by atoms with van der Waals surface area (Å²) >= 11 is 0. The van der Waals surface area contributed by atoms with E-state index >= 15 is 0 Å². The van der Waals surface area contributed by atoms with Gasteiger partial charge in [-0.3, -0.25) is 13.9 Å². The highest BCUT2D eigenvalue weighted by atomic mass is 32.2. The molecule has 1 unspecified atom stereocenters. The first-order valence-electron chi connectivity index (χ1n) is 11.2. The molecular weight excluding hydrogens is 454 g/mol. The molecule has 0 aliphatic heterocycles. The number of aryl methyl sites for hydroxylation is 1. The third-order valence-corrected chi connectivity index (χ3v) is 6.45. The summed E-state index contributed by atoms with van der Waals surface area (Å²) in [6.45, 7) is 7.78. The van der Waals surface area contributed by atoms with Crippen molar-refractivity contribution in [3.63, 3.8) is 0 Å². The Morgan fingerprint density at radius 2 is 1.74 bits per heavy atom. The third kappa shape index (κ3) is 7.76. The zero-order valence-corrected chi connectivity index (χ0v) is 21.6. The van der Waals surface area contributed by atoms with Gasteiger partial charge in [0.15, 0.2) is 0 Å². The molecule has 34 heavy (non-hydrogen) atoms. The van der Waals surface area contributed by atoms with E-state index in [1.165, 1.54) is 12.0 Å². The minimum atomic E-state index is -3.79. The van der Waals surface area contributed by atoms with Crippen LogP contribution in [0.25, 0.3) is 0 Å². The molecule has 0 saturated heterocycles. The van der Waals surface area contributed by atoms with Crippen LogP contribution >= 0.6 is 0 Å². The van der Waals surface area contributed by atoms with Crippen LogP contribution < -0.4 is 14.4 Å². The van der Waals surface area contributed by atoms with Gasteiger partial charge >= 0.3 is 0 Å². The summed E-state index contributed by atoms with van der Waals surface area (Å²) < 4.78 is 31.5. The van der Waals surface area contributed by atoms with E-state index in [9.17, 15) is 18.0 Å². The number of methoxy groups -OCH3 is 1. The van der Waals surface area contributed by atoms with Crippen molar-refractivity contribution in [2.24, 2.45) is 5.92 Å². The topological polar surface area (TPSA) is 96.0 Å². The molecule has 0 saturated carbocycles. The summed E-state index contributed by atoms with van der Waals surface area (Å²) in [5, 5.41) is 2.86. The molecule has 0 aliphatic rings. The molecule has 0 heterocycles. The maximum Gasteiger partial charge on any atom is 0.244 e. The number of ether oxygens (including phenoxy) is 1. The molecule has 9 heteroatoms. The molecule has 0 aliphatic carbocycles. The fourth-order valence-corrected chi connectivity index (χ4v) is 4.26. The second kappa shape index (κ2) is 11.9. The molecule has 2 rings (SSSR count). The van der Waals surface area contributed by atoms with Gasteiger partial charge in [-0.25, -0.2) is 8.42 Å². The quantitative estimate of drug-likeness (QED) is 0.524. The van der Waals surface area contributed by atoms with Crippen LogP contribution in [0.3, 0.4) is 0 Å². The lowest BCUT2D eigenvalue weighted by atomic mass is 10.1. The number of anilines is 1. The van der Waals surface area contributed by atoms with E-state index in [-0.39, 0.29) is 18.4 Å². The summed E-state index contributed by atoms with van der Waals surface area (Å²) in [6, 6.07) is 13.4. The number of nitrogens with one attached hydrogen (secondary N) is 1. The second-order valence-electron chi connectivity index (χ2n) is 8.80. The lowest BCUT2D eigenvalue weighted by molar-refractivity contribution is -0.139. The number of hydrogen-bond donors (Lipinski definition) is 1. The molecule has 0 fully saturated rings. The first-order valence-corrected chi connectivity index (χ1v) is 13.0. The molecular formula is C25H35N3O5S. The van der Waals surface area contributed by atoms with Gasteiger partial charge < -0.3 is 15.0 Å². The first kappa shape index (κ1) is 27.2. The van der Waals surface area contributed by atoms with Gasteiger partial charge in [-0.2, -0.15) is 0 Å². The van der Waals surface area contributed by atoms with Gasteiger partial charge in [0.1, 0.15) is 18.3 Å². The number of nitrogens with zero attached hydrogens (tertiary/aromatic N) is 2. The van der Waals surface area contributed by atoms with Gasteiger partial charge in [-0.1, -0.05) is 49.7 Å². The van der Waals surface area contributed by atoms with Crippen LogP contribution in [0.1, 0.15) is 31.9 Å². The fraction of sp³-hybridized carbons (Fsp3) is 0.440. The standard InChI is InChI=1S/C25H35N3O5S/c1-18(2)15-26-25(30)20(4)27(16-21-10-7-9-19(3)13-21)24(29)17-28(34(6,31)32)22-11-8-12-23(14-22)33-5/h7-14,18,20H,15-17H2,1-6H3,(H,26,30). The predicted octanol–water partition coefficient (Wildman–Crippen LogP) is 2.96. The van der Waals surface area contributed by atoms with Crippen molar-refractivity contribution in [1.82, 2.24) is 10.2 Å². The third-order valence-electron chi connectivity index (χ3n) is 5.31. The summed E-state index contributed by atoms with van der Waals surface area (Å²) in [6.07, 6.45) is 1.05. The van der Waals surface area contributed by atoms with Crippen LogP contribution in [-0.2, 0) is 26.2 Å². The Morgan fingerprint density at radius 3 is 2.32 bits per heavy atom. The summed E-state index contributed by atoms with van der Waals surface area (Å²) in [5.41, 5.74) is 2.18. The lowest BCUT2D eigenvalue weighted by Crippen LogP contribution is -2.51. The van der Waals surface area contributed by atoms with Gasteiger partial charge in [0.2, 0.25) is 21.8 Å². The molecule has 186 valence electrons. The van der Waals surface area contributed by atoms with E-state index in [1.54, 1.807) is 31.2 Å². The van der Waals surface area contributed by atoms with E-state index in [0.29, 0.717) is 18.0 Å². The van der Waals surface area contributed by atoms with Crippen molar-refractivity contribution in [3.05, 3.63) is 59.7 Å². The normalized spacial score (nSPS) is 12.2. The monoisotopic (exact) mass is 489 g/mol. The summed E-state index contributed by atoms with van der Waals surface area (Å²) in [7, 11) is -2.31. The Labute approximate surface area is 202 Å². The molecule has 2 amide bonds. The highest BCUT2D eigenvalue weighted by Crippen LogP contribution is 2.23. The van der Waals surface area contributed by atoms with E-state index in [2.05, 4.69) is 5.32 Å². The molecule has 1 N–H and O–H groups in total. The van der Waals surface area contributed by atoms with Crippen molar-refractivity contribution < 1.29 is 22.7 Å². The number of benzene rings is 2. The number of carbonyl (C=O) groups excluding carboxylic acids is 2. The second-order valence-corrected chi connectivity index (χ2v) is 10.7. The van der Waals surface area contributed by atoms with Crippen LogP contribution in [0.4, 0.5) is 5.69 Å². The van der Waals surface area contributed by atoms with E-state index in [4.69, 9.17) is 4.74 Å². The Hall–Kier alpha value is -3.07. The molecule has 2 aromatic carbocycles. The lowest BCUT2D eigenvalue weighted by Gasteiger charge is -2.31. The molecule has 2 aromatic rings. The number of sulfonamides is 1. The summed E-state index contributed by atoms with van der Waals surface area (Å²) in [5.74, 6) is -0.0496. The summed E-state index contributed by atoms with van der Waals surface area (Å²) in [4.78, 5) is 27.8. The minimum Gasteiger partial charge on any atom is -0.497 e. The van der Waals surface area contributed by atoms with Crippen LogP contribution in [0, 0.1) is 12.8 Å². The number of rotatable bonds is 11. The zero-order chi connectivity index (χ0) is 25.5. The minimum absolute atomic E-state index is 0.173. The predicted molar refractivity (Wildman–Crippen MR) is 134 cm³/mol. The molecule has 0 radical (unpaired) electrons. The van der Waals surface area contributed by atoms with Crippen molar-refractivity contribution in [3.8, 4) is 5.75 Å². The average molecular weight is 490 g/mol. The van der Waals surface area contributed by atoms with E-state index in [0.717, 1.165) is 21.7 Å². The van der Waals surface area contributed by atoms with E-state index < -0.39 is 28.5 Å². The van der Waals surface area contributed by atoms with Gasteiger partial charge in [-0.05, 0) is 37.5 Å². The van der Waals surface area contributed by atoms with Crippen molar-refractivity contribution >= 4 is 27.5 Å². The SMILES string of the molecule is COc1cccc(N(CC(=O)N(Cc2cccc(C)c2)C(C)C(=O)NCC(C)C)S(C)(=O)=O)c1. The number of amides is 2. The van der Waals surface area contributed by atoms with Crippen LogP contribution in [-0.4, -0.2) is 57.6 Å². The fourth-order valence-electron chi connectivity index (χ4n) is 3.42. The van der Waals surface area contributed by atoms with Gasteiger partial charge in [0.05, 0.1) is 19.1 Å². The maximum absolute atomic E-state index is 13.5. The Bertz CT molecular complexity index is 1100. The van der Waals surface area contributed by atoms with Gasteiger partial charge in [0.25, 0.3) is 0 Å². The largest absolute Gasteiger partial charge is 0.497 e. The molecule has 0 spiro atoms. The molecule has 0 bridgehead atoms. The average Bonchev–Trinajstić information content (AvgIpc) is 2.78. The number of hydrogen-bond acceptors (Lipinski definition) is 5. The van der Waals surface area contributed by atoms with Crippen molar-refractivity contribution in [1.29, 1.82) is 0 Å². The highest BCUT2D eigenvalue weighted by Gasteiger charge is 2.30. The molecule has 8 nitrogen and oxygen atoms in total. The number of carbonyl (C=O) groups is 2.